The first-order valence-corrected chi connectivity index (χ1v) is 12.3. The number of rotatable bonds is 9. The third-order valence-corrected chi connectivity index (χ3v) is 6.34. The molecular weight excluding hydrogens is 484 g/mol. The van der Waals surface area contributed by atoms with Gasteiger partial charge in [-0.1, -0.05) is 12.1 Å². The Morgan fingerprint density at radius 1 is 0.917 bits per heavy atom. The molecule has 10 nitrogen and oxygen atoms in total. The summed E-state index contributed by atoms with van der Waals surface area (Å²) >= 11 is 0. The molecule has 188 valence electrons. The van der Waals surface area contributed by atoms with E-state index < -0.39 is 27.3 Å². The lowest BCUT2D eigenvalue weighted by Gasteiger charge is -2.22. The SMILES string of the molecule is CC(=O)OCC(C)(C)C(=O)Nc1ccc(NS(=O)(=O)c2cccc(C(=O)Nc3ccccn3)c2)cc1. The normalized spacial score (nSPS) is 11.3. The number of nitrogens with zero attached hydrogens (tertiary/aromatic N) is 1. The molecule has 3 N–H and O–H groups in total. The molecule has 0 bridgehead atoms. The van der Waals surface area contributed by atoms with Crippen LogP contribution >= 0.6 is 0 Å². The minimum Gasteiger partial charge on any atom is -0.465 e. The summed E-state index contributed by atoms with van der Waals surface area (Å²) in [4.78, 5) is 39.9. The van der Waals surface area contributed by atoms with Crippen molar-refractivity contribution in [3.8, 4) is 0 Å². The maximum Gasteiger partial charge on any atom is 0.302 e. The summed E-state index contributed by atoms with van der Waals surface area (Å²) in [7, 11) is -4.00. The van der Waals surface area contributed by atoms with E-state index in [1.807, 2.05) is 0 Å². The molecule has 2 amide bonds. The van der Waals surface area contributed by atoms with Crippen LogP contribution in [0.3, 0.4) is 0 Å². The predicted octanol–water partition coefficient (Wildman–Crippen LogP) is 3.66. The Balaban J connectivity index is 1.67. The molecule has 1 heterocycles. The first-order chi connectivity index (χ1) is 17.0. The summed E-state index contributed by atoms with van der Waals surface area (Å²) in [6.07, 6.45) is 1.53. The van der Waals surface area contributed by atoms with Crippen molar-refractivity contribution >= 4 is 45.0 Å². The van der Waals surface area contributed by atoms with Gasteiger partial charge in [-0.3, -0.25) is 19.1 Å². The molecule has 11 heteroatoms. The molecule has 2 aromatic carbocycles. The lowest BCUT2D eigenvalue weighted by molar-refractivity contribution is -0.146. The molecule has 0 saturated carbocycles. The van der Waals surface area contributed by atoms with Gasteiger partial charge in [-0.15, -0.1) is 0 Å². The Hall–Kier alpha value is -4.25. The van der Waals surface area contributed by atoms with E-state index in [0.29, 0.717) is 11.5 Å². The van der Waals surface area contributed by atoms with Crippen LogP contribution in [-0.2, 0) is 24.3 Å². The van der Waals surface area contributed by atoms with Crippen LogP contribution in [0.1, 0.15) is 31.1 Å². The standard InChI is InChI=1S/C25H26N4O6S/c1-17(30)35-16-25(2,3)24(32)27-19-10-12-20(13-11-19)29-36(33,34)21-8-6-7-18(15-21)23(31)28-22-9-4-5-14-26-22/h4-15,29H,16H2,1-3H3,(H,27,32)(H,26,28,31). The number of benzene rings is 2. The van der Waals surface area contributed by atoms with Crippen LogP contribution in [0.4, 0.5) is 17.2 Å². The van der Waals surface area contributed by atoms with Crippen molar-refractivity contribution in [3.63, 3.8) is 0 Å². The fourth-order valence-corrected chi connectivity index (χ4v) is 4.02. The van der Waals surface area contributed by atoms with E-state index in [0.717, 1.165) is 0 Å². The maximum absolute atomic E-state index is 12.9. The lowest BCUT2D eigenvalue weighted by Crippen LogP contribution is -2.35. The number of hydrogen-bond donors (Lipinski definition) is 3. The van der Waals surface area contributed by atoms with Gasteiger partial charge in [0, 0.05) is 30.1 Å². The van der Waals surface area contributed by atoms with Crippen molar-refractivity contribution < 1.29 is 27.5 Å². The molecule has 3 aromatic rings. The summed E-state index contributed by atoms with van der Waals surface area (Å²) in [6.45, 7) is 4.46. The average Bonchev–Trinajstić information content (AvgIpc) is 2.84. The Kier molecular flexibility index (Phi) is 8.05. The van der Waals surface area contributed by atoms with E-state index in [4.69, 9.17) is 4.74 Å². The number of sulfonamides is 1. The third-order valence-electron chi connectivity index (χ3n) is 4.96. The number of aromatic nitrogens is 1. The maximum atomic E-state index is 12.9. The number of amides is 2. The van der Waals surface area contributed by atoms with E-state index in [9.17, 15) is 22.8 Å². The number of carbonyl (C=O) groups is 3. The molecule has 0 saturated heterocycles. The molecule has 0 spiro atoms. The zero-order valence-electron chi connectivity index (χ0n) is 19.9. The molecule has 0 atom stereocenters. The van der Waals surface area contributed by atoms with E-state index in [2.05, 4.69) is 20.3 Å². The average molecular weight is 511 g/mol. The van der Waals surface area contributed by atoms with Crippen LogP contribution in [-0.4, -0.2) is 37.8 Å². The van der Waals surface area contributed by atoms with Crippen molar-refractivity contribution in [2.45, 2.75) is 25.7 Å². The quantitative estimate of drug-likeness (QED) is 0.373. The molecule has 0 radical (unpaired) electrons. The van der Waals surface area contributed by atoms with E-state index in [-0.39, 0.29) is 28.7 Å². The second kappa shape index (κ2) is 11.0. The molecule has 1 aromatic heterocycles. The van der Waals surface area contributed by atoms with Crippen LogP contribution in [0.2, 0.25) is 0 Å². The topological polar surface area (TPSA) is 144 Å². The summed E-state index contributed by atoms with van der Waals surface area (Å²) in [5.74, 6) is -0.997. The van der Waals surface area contributed by atoms with Crippen LogP contribution in [0.15, 0.2) is 77.8 Å². The van der Waals surface area contributed by atoms with E-state index in [1.165, 1.54) is 61.7 Å². The Morgan fingerprint density at radius 3 is 2.25 bits per heavy atom. The van der Waals surface area contributed by atoms with Gasteiger partial charge in [0.1, 0.15) is 12.4 Å². The van der Waals surface area contributed by atoms with Crippen LogP contribution in [0.5, 0.6) is 0 Å². The number of pyridine rings is 1. The van der Waals surface area contributed by atoms with Gasteiger partial charge in [0.05, 0.1) is 10.3 Å². The first-order valence-electron chi connectivity index (χ1n) is 10.9. The minimum absolute atomic E-state index is 0.0784. The smallest absolute Gasteiger partial charge is 0.302 e. The largest absolute Gasteiger partial charge is 0.465 e. The third kappa shape index (κ3) is 7.12. The van der Waals surface area contributed by atoms with Gasteiger partial charge in [0.25, 0.3) is 15.9 Å². The minimum atomic E-state index is -4.00. The van der Waals surface area contributed by atoms with Crippen LogP contribution < -0.4 is 15.4 Å². The zero-order valence-corrected chi connectivity index (χ0v) is 20.8. The second-order valence-corrected chi connectivity index (χ2v) is 10.2. The number of carbonyl (C=O) groups excluding carboxylic acids is 3. The lowest BCUT2D eigenvalue weighted by atomic mass is 9.93. The van der Waals surface area contributed by atoms with Crippen LogP contribution in [0, 0.1) is 5.41 Å². The summed E-state index contributed by atoms with van der Waals surface area (Å²) in [5, 5.41) is 5.32. The fourth-order valence-electron chi connectivity index (χ4n) is 2.91. The molecular formula is C25H26N4O6S. The highest BCUT2D eigenvalue weighted by Crippen LogP contribution is 2.22. The molecule has 0 aliphatic carbocycles. The number of esters is 1. The monoisotopic (exact) mass is 510 g/mol. The first kappa shape index (κ1) is 26.4. The van der Waals surface area contributed by atoms with Gasteiger partial charge in [0.2, 0.25) is 5.91 Å². The van der Waals surface area contributed by atoms with Crippen LogP contribution in [0.25, 0.3) is 0 Å². The van der Waals surface area contributed by atoms with Crippen molar-refractivity contribution in [2.75, 3.05) is 22.0 Å². The summed E-state index contributed by atoms with van der Waals surface area (Å²) < 4.78 is 33.2. The summed E-state index contributed by atoms with van der Waals surface area (Å²) in [5.41, 5.74) is -0.111. The fraction of sp³-hybridized carbons (Fsp3) is 0.200. The van der Waals surface area contributed by atoms with Gasteiger partial charge in [-0.25, -0.2) is 13.4 Å². The molecule has 36 heavy (non-hydrogen) atoms. The van der Waals surface area contributed by atoms with Gasteiger partial charge < -0.3 is 15.4 Å². The van der Waals surface area contributed by atoms with E-state index in [1.54, 1.807) is 32.0 Å². The number of anilines is 3. The molecule has 0 aliphatic heterocycles. The second-order valence-electron chi connectivity index (χ2n) is 8.50. The number of hydrogen-bond acceptors (Lipinski definition) is 7. The number of ether oxygens (including phenoxy) is 1. The van der Waals surface area contributed by atoms with Gasteiger partial charge in [-0.05, 0) is 68.4 Å². The van der Waals surface area contributed by atoms with Crippen molar-refractivity contribution in [2.24, 2.45) is 5.41 Å². The summed E-state index contributed by atoms with van der Waals surface area (Å²) in [6, 6.07) is 16.7. The highest BCUT2D eigenvalue weighted by molar-refractivity contribution is 7.92. The highest BCUT2D eigenvalue weighted by atomic mass is 32.2. The van der Waals surface area contributed by atoms with Crippen molar-refractivity contribution in [1.29, 1.82) is 0 Å². The zero-order chi connectivity index (χ0) is 26.3. The molecule has 3 rings (SSSR count). The van der Waals surface area contributed by atoms with Gasteiger partial charge >= 0.3 is 5.97 Å². The number of nitrogens with one attached hydrogen (secondary N) is 3. The van der Waals surface area contributed by atoms with E-state index >= 15 is 0 Å². The van der Waals surface area contributed by atoms with Gasteiger partial charge in [0.15, 0.2) is 0 Å². The van der Waals surface area contributed by atoms with Gasteiger partial charge in [-0.2, -0.15) is 0 Å². The predicted molar refractivity (Wildman–Crippen MR) is 135 cm³/mol. The molecule has 0 fully saturated rings. The Morgan fingerprint density at radius 2 is 1.61 bits per heavy atom. The molecule has 0 aliphatic rings. The van der Waals surface area contributed by atoms with Crippen molar-refractivity contribution in [1.82, 2.24) is 4.98 Å². The highest BCUT2D eigenvalue weighted by Gasteiger charge is 2.29. The Labute approximate surface area is 209 Å². The molecule has 0 unspecified atom stereocenters. The van der Waals surface area contributed by atoms with Crippen molar-refractivity contribution in [3.05, 3.63) is 78.5 Å². The Bertz CT molecular complexity index is 1360.